The molecule has 0 N–H and O–H groups in total. The van der Waals surface area contributed by atoms with E-state index < -0.39 is 17.2 Å². The first-order chi connectivity index (χ1) is 9.06. The number of piperidine rings is 1. The zero-order valence-electron chi connectivity index (χ0n) is 10.6. The van der Waals surface area contributed by atoms with Gasteiger partial charge in [0.15, 0.2) is 0 Å². The highest BCUT2D eigenvalue weighted by Gasteiger charge is 2.27. The predicted octanol–water partition coefficient (Wildman–Crippen LogP) is -0.0368. The van der Waals surface area contributed by atoms with Crippen LogP contribution in [0.4, 0.5) is 0 Å². The van der Waals surface area contributed by atoms with Crippen molar-refractivity contribution in [3.8, 4) is 0 Å². The van der Waals surface area contributed by atoms with E-state index in [-0.39, 0.29) is 18.2 Å². The van der Waals surface area contributed by atoms with E-state index in [4.69, 9.17) is 4.84 Å². The Labute approximate surface area is 114 Å². The Kier molecular flexibility index (Phi) is 4.89. The highest BCUT2D eigenvalue weighted by atomic mass is 32.2. The van der Waals surface area contributed by atoms with Crippen LogP contribution in [0, 0.1) is 5.92 Å². The number of nitrogens with zero attached hydrogens (tertiary/aromatic N) is 2. The lowest BCUT2D eigenvalue weighted by Gasteiger charge is -2.32. The summed E-state index contributed by atoms with van der Waals surface area (Å²) in [5.74, 6) is -0.424. The Balaban J connectivity index is 1.71. The van der Waals surface area contributed by atoms with Gasteiger partial charge in [0.1, 0.15) is 0 Å². The highest BCUT2D eigenvalue weighted by molar-refractivity contribution is 7.76. The number of hydrogen-bond acceptors (Lipinski definition) is 5. The quantitative estimate of drug-likeness (QED) is 0.678. The third-order valence-electron chi connectivity index (χ3n) is 3.48. The van der Waals surface area contributed by atoms with Crippen molar-refractivity contribution in [2.45, 2.75) is 32.1 Å². The molecule has 2 saturated heterocycles. The molecule has 1 amide bonds. The lowest BCUT2D eigenvalue weighted by atomic mass is 9.95. The van der Waals surface area contributed by atoms with Gasteiger partial charge >= 0.3 is 5.97 Å². The van der Waals surface area contributed by atoms with Crippen molar-refractivity contribution < 1.29 is 23.2 Å². The summed E-state index contributed by atoms with van der Waals surface area (Å²) in [5.41, 5.74) is 0. The monoisotopic (exact) mass is 289 g/mol. The Morgan fingerprint density at radius 3 is 2.58 bits per heavy atom. The van der Waals surface area contributed by atoms with E-state index in [1.54, 1.807) is 0 Å². The molecule has 2 heterocycles. The molecule has 0 aromatic rings. The maximum absolute atomic E-state index is 11.7. The molecule has 2 rings (SSSR count). The Morgan fingerprint density at radius 1 is 1.37 bits per heavy atom. The van der Waals surface area contributed by atoms with E-state index in [1.807, 2.05) is 0 Å². The second-order valence-corrected chi connectivity index (χ2v) is 5.81. The summed E-state index contributed by atoms with van der Waals surface area (Å²) in [7, 11) is 0. The van der Waals surface area contributed by atoms with Crippen LogP contribution in [-0.4, -0.2) is 49.6 Å². The van der Waals surface area contributed by atoms with Crippen molar-refractivity contribution in [1.82, 2.24) is 9.37 Å². The molecule has 108 valence electrons. The van der Waals surface area contributed by atoms with Crippen LogP contribution < -0.4 is 0 Å². The summed E-state index contributed by atoms with van der Waals surface area (Å²) >= 11 is -2.17. The third-order valence-corrected chi connectivity index (χ3v) is 4.27. The molecule has 2 aliphatic heterocycles. The van der Waals surface area contributed by atoms with E-state index in [0.29, 0.717) is 38.9 Å². The number of hydroxylamine groups is 2. The van der Waals surface area contributed by atoms with Crippen LogP contribution in [-0.2, 0) is 25.7 Å². The molecule has 2 aliphatic rings. The number of hydrogen-bond donors (Lipinski definition) is 0. The van der Waals surface area contributed by atoms with Crippen LogP contribution >= 0.6 is 0 Å². The summed E-state index contributed by atoms with van der Waals surface area (Å²) in [6.45, 7) is 1.35. The van der Waals surface area contributed by atoms with E-state index in [2.05, 4.69) is 0 Å². The molecule has 2 fully saturated rings. The van der Waals surface area contributed by atoms with Gasteiger partial charge in [0, 0.05) is 30.8 Å². The molecule has 0 saturated carbocycles. The Hall–Kier alpha value is -0.990. The van der Waals surface area contributed by atoms with Crippen LogP contribution in [0.3, 0.4) is 0 Å². The van der Waals surface area contributed by atoms with Gasteiger partial charge in [-0.2, -0.15) is 5.06 Å². The zero-order chi connectivity index (χ0) is 13.8. The van der Waals surface area contributed by atoms with Crippen LogP contribution in [0.15, 0.2) is 0 Å². The topological polar surface area (TPSA) is 90.0 Å². The molecule has 8 heteroatoms. The van der Waals surface area contributed by atoms with Crippen LogP contribution in [0.2, 0.25) is 0 Å². The van der Waals surface area contributed by atoms with Gasteiger partial charge in [-0.15, -0.1) is 0 Å². The normalized spacial score (nSPS) is 23.6. The summed E-state index contributed by atoms with van der Waals surface area (Å²) < 4.78 is 22.8. The van der Waals surface area contributed by atoms with E-state index >= 15 is 0 Å². The highest BCUT2D eigenvalue weighted by Crippen LogP contribution is 2.22. The fourth-order valence-electron chi connectivity index (χ4n) is 2.38. The Bertz CT molecular complexity index is 381. The lowest BCUT2D eigenvalue weighted by molar-refractivity contribution is -0.193. The lowest BCUT2D eigenvalue weighted by Crippen LogP contribution is -2.36. The van der Waals surface area contributed by atoms with Gasteiger partial charge in [-0.3, -0.25) is 9.00 Å². The van der Waals surface area contributed by atoms with E-state index in [0.717, 1.165) is 11.5 Å². The molecule has 1 atom stereocenters. The van der Waals surface area contributed by atoms with Gasteiger partial charge in [-0.25, -0.2) is 9.10 Å². The van der Waals surface area contributed by atoms with Crippen molar-refractivity contribution in [1.29, 1.82) is 0 Å². The summed E-state index contributed by atoms with van der Waals surface area (Å²) in [6.07, 6.45) is 2.69. The second-order valence-electron chi connectivity index (χ2n) is 4.86. The van der Waals surface area contributed by atoms with Gasteiger partial charge < -0.3 is 9.39 Å². The smallest absolute Gasteiger partial charge is 0.332 e. The average Bonchev–Trinajstić information content (AvgIpc) is 2.75. The molecule has 0 bridgehead atoms. The van der Waals surface area contributed by atoms with Gasteiger partial charge in [-0.1, -0.05) is 0 Å². The molecule has 0 aliphatic carbocycles. The molecule has 1 unspecified atom stereocenters. The molecule has 7 nitrogen and oxygen atoms in total. The first-order valence-corrected chi connectivity index (χ1v) is 7.45. The molecule has 0 spiro atoms. The maximum atomic E-state index is 11.7. The first kappa shape index (κ1) is 14.4. The fourth-order valence-corrected chi connectivity index (χ4v) is 2.89. The minimum Gasteiger partial charge on any atom is -0.760 e. The molecular formula is C11H17N2O5S-. The van der Waals surface area contributed by atoms with Gasteiger partial charge in [-0.05, 0) is 25.2 Å². The minimum absolute atomic E-state index is 0.130. The zero-order valence-corrected chi connectivity index (χ0v) is 11.4. The van der Waals surface area contributed by atoms with Crippen molar-refractivity contribution in [3.63, 3.8) is 0 Å². The van der Waals surface area contributed by atoms with Gasteiger partial charge in [0.25, 0.3) is 5.91 Å². The standard InChI is InChI=1S/C11H18N2O5S/c14-10-2-1-5-13(10)18-11(15)8-9-3-6-12(7-4-9)19(16)17/h9H,1-8H2,(H,16,17)/p-1. The second kappa shape index (κ2) is 6.44. The number of carbonyl (C=O) groups is 2. The van der Waals surface area contributed by atoms with Crippen molar-refractivity contribution >= 4 is 23.1 Å². The summed E-state index contributed by atoms with van der Waals surface area (Å²) in [4.78, 5) is 28.0. The van der Waals surface area contributed by atoms with Crippen molar-refractivity contribution in [2.75, 3.05) is 19.6 Å². The summed E-state index contributed by atoms with van der Waals surface area (Å²) in [6, 6.07) is 0. The SMILES string of the molecule is O=C(CC1CCN(S(=O)[O-])CC1)ON1CCCC1=O. The molecule has 0 aromatic heterocycles. The first-order valence-electron chi connectivity index (χ1n) is 6.41. The molecular weight excluding hydrogens is 272 g/mol. The third kappa shape index (κ3) is 3.99. The van der Waals surface area contributed by atoms with Crippen LogP contribution in [0.25, 0.3) is 0 Å². The van der Waals surface area contributed by atoms with Crippen molar-refractivity contribution in [2.24, 2.45) is 5.92 Å². The van der Waals surface area contributed by atoms with E-state index in [1.165, 1.54) is 4.31 Å². The largest absolute Gasteiger partial charge is 0.760 e. The number of amides is 1. The van der Waals surface area contributed by atoms with Gasteiger partial charge in [0.2, 0.25) is 0 Å². The molecule has 19 heavy (non-hydrogen) atoms. The van der Waals surface area contributed by atoms with Crippen molar-refractivity contribution in [3.05, 3.63) is 0 Å². The Morgan fingerprint density at radius 2 is 2.05 bits per heavy atom. The fraction of sp³-hybridized carbons (Fsp3) is 0.818. The van der Waals surface area contributed by atoms with Crippen LogP contribution in [0.1, 0.15) is 32.1 Å². The summed E-state index contributed by atoms with van der Waals surface area (Å²) in [5, 5.41) is 1.13. The van der Waals surface area contributed by atoms with Gasteiger partial charge in [0.05, 0.1) is 13.0 Å². The molecule has 0 aromatic carbocycles. The average molecular weight is 289 g/mol. The predicted molar refractivity (Wildman–Crippen MR) is 64.9 cm³/mol. The minimum atomic E-state index is -2.17. The number of rotatable bonds is 4. The maximum Gasteiger partial charge on any atom is 0.332 e. The van der Waals surface area contributed by atoms with E-state index in [9.17, 15) is 18.4 Å². The molecule has 0 radical (unpaired) electrons. The van der Waals surface area contributed by atoms with Crippen LogP contribution in [0.5, 0.6) is 0 Å². The number of carbonyl (C=O) groups excluding carboxylic acids is 2.